The lowest BCUT2D eigenvalue weighted by Crippen LogP contribution is -2.33. The SMILES string of the molecule is CNCC#Cc1cn([C@H]2CC(OCN=[N+]=[N-])[C@@H](COP(=O)(O)OP(=O)(O)OP(=O)(O)O)O2)c(=O)[nH]c1=O. The zero-order valence-electron chi connectivity index (χ0n) is 18.6. The highest BCUT2D eigenvalue weighted by atomic mass is 31.3. The molecule has 0 bridgehead atoms. The molecular weight excluding hydrogens is 569 g/mol. The summed E-state index contributed by atoms with van der Waals surface area (Å²) >= 11 is 0. The first-order valence-corrected chi connectivity index (χ1v) is 14.2. The van der Waals surface area contributed by atoms with Crippen molar-refractivity contribution in [1.29, 1.82) is 0 Å². The third kappa shape index (κ3) is 10.3. The number of rotatable bonds is 12. The molecule has 23 heteroatoms. The first-order chi connectivity index (χ1) is 17.2. The Bertz CT molecular complexity index is 1340. The number of H-pyrrole nitrogens is 1. The van der Waals surface area contributed by atoms with Crippen LogP contribution < -0.4 is 16.6 Å². The lowest BCUT2D eigenvalue weighted by Gasteiger charge is -2.20. The standard InChI is InChI=1S/C14H21N6O14P3/c1-16-4-2-3-9-6-20(14(22)18-13(9)21)12-5-10(30-8-17-19-15)11(32-12)7-31-36(26,27)34-37(28,29)33-35(23,24)25/h6,10-12,16H,4-5,7-8H2,1H3,(H,26,27)(H,28,29)(H,18,21,22)(H2,23,24,25)/t10?,11-,12-/m1/s1. The molecule has 6 N–H and O–H groups in total. The Morgan fingerprint density at radius 3 is 2.59 bits per heavy atom. The van der Waals surface area contributed by atoms with Crippen LogP contribution in [0.4, 0.5) is 0 Å². The van der Waals surface area contributed by atoms with Gasteiger partial charge in [0, 0.05) is 17.5 Å². The lowest BCUT2D eigenvalue weighted by atomic mass is 10.2. The molecule has 0 aromatic carbocycles. The number of nitrogens with zero attached hydrogens (tertiary/aromatic N) is 4. The molecular formula is C14H21N6O14P3. The molecule has 0 amide bonds. The molecule has 2 rings (SSSR count). The predicted molar refractivity (Wildman–Crippen MR) is 119 cm³/mol. The zero-order valence-corrected chi connectivity index (χ0v) is 21.3. The average Bonchev–Trinajstić information content (AvgIpc) is 3.14. The predicted octanol–water partition coefficient (Wildman–Crippen LogP) is -0.609. The number of hydrogen-bond acceptors (Lipinski definition) is 12. The number of aromatic nitrogens is 2. The van der Waals surface area contributed by atoms with Gasteiger partial charge in [-0.1, -0.05) is 17.0 Å². The van der Waals surface area contributed by atoms with Gasteiger partial charge < -0.3 is 34.4 Å². The van der Waals surface area contributed by atoms with Gasteiger partial charge >= 0.3 is 29.2 Å². The molecule has 0 radical (unpaired) electrons. The number of aromatic amines is 1. The van der Waals surface area contributed by atoms with Gasteiger partial charge in [-0.05, 0) is 12.6 Å². The number of phosphoric ester groups is 1. The molecule has 0 aliphatic carbocycles. The molecule has 5 atom stereocenters. The van der Waals surface area contributed by atoms with Crippen LogP contribution >= 0.6 is 23.5 Å². The van der Waals surface area contributed by atoms with Crippen molar-refractivity contribution in [3.63, 3.8) is 0 Å². The Balaban J connectivity index is 2.23. The minimum atomic E-state index is -5.75. The van der Waals surface area contributed by atoms with E-state index in [4.69, 9.17) is 24.8 Å². The summed E-state index contributed by atoms with van der Waals surface area (Å²) in [6.07, 6.45) is -2.52. The minimum absolute atomic E-state index is 0.0817. The van der Waals surface area contributed by atoms with Crippen LogP contribution in [0, 0.1) is 11.8 Å². The highest BCUT2D eigenvalue weighted by Crippen LogP contribution is 2.66. The summed E-state index contributed by atoms with van der Waals surface area (Å²) in [4.78, 5) is 65.0. The van der Waals surface area contributed by atoms with E-state index < -0.39 is 66.5 Å². The summed E-state index contributed by atoms with van der Waals surface area (Å²) in [7, 11) is -15.2. The van der Waals surface area contributed by atoms with E-state index in [0.717, 1.165) is 10.8 Å². The summed E-state index contributed by atoms with van der Waals surface area (Å²) in [5.74, 6) is 5.21. The van der Waals surface area contributed by atoms with E-state index in [1.165, 1.54) is 0 Å². The Labute approximate surface area is 206 Å². The maximum atomic E-state index is 12.4. The van der Waals surface area contributed by atoms with Crippen LogP contribution in [0.15, 0.2) is 20.9 Å². The van der Waals surface area contributed by atoms with Crippen LogP contribution in [0.1, 0.15) is 18.2 Å². The van der Waals surface area contributed by atoms with Crippen LogP contribution in [0.3, 0.4) is 0 Å². The smallest absolute Gasteiger partial charge is 0.369 e. The van der Waals surface area contributed by atoms with Crippen molar-refractivity contribution in [3.8, 4) is 11.8 Å². The molecule has 1 aliphatic heterocycles. The monoisotopic (exact) mass is 590 g/mol. The molecule has 3 unspecified atom stereocenters. The van der Waals surface area contributed by atoms with Crippen molar-refractivity contribution >= 4 is 23.5 Å². The van der Waals surface area contributed by atoms with E-state index in [2.05, 4.69) is 45.3 Å². The maximum Gasteiger partial charge on any atom is 0.490 e. The highest BCUT2D eigenvalue weighted by Gasteiger charge is 2.43. The van der Waals surface area contributed by atoms with Gasteiger partial charge in [0.2, 0.25) is 0 Å². The van der Waals surface area contributed by atoms with Gasteiger partial charge in [0.25, 0.3) is 5.56 Å². The number of phosphoric acid groups is 3. The van der Waals surface area contributed by atoms with E-state index in [-0.39, 0.29) is 18.5 Å². The van der Waals surface area contributed by atoms with Crippen molar-refractivity contribution in [3.05, 3.63) is 43.0 Å². The van der Waals surface area contributed by atoms with Crippen LogP contribution in [0.25, 0.3) is 10.4 Å². The van der Waals surface area contributed by atoms with Crippen molar-refractivity contribution in [2.24, 2.45) is 5.11 Å². The first-order valence-electron chi connectivity index (χ1n) is 9.71. The molecule has 0 spiro atoms. The number of nitrogens with one attached hydrogen (secondary N) is 2. The van der Waals surface area contributed by atoms with Crippen LogP contribution in [0.5, 0.6) is 0 Å². The van der Waals surface area contributed by atoms with Gasteiger partial charge in [-0.15, -0.1) is 0 Å². The third-order valence-electron chi connectivity index (χ3n) is 4.17. The maximum absolute atomic E-state index is 12.4. The molecule has 1 aromatic heterocycles. The highest BCUT2D eigenvalue weighted by molar-refractivity contribution is 7.66. The van der Waals surface area contributed by atoms with Crippen molar-refractivity contribution in [2.45, 2.75) is 24.9 Å². The summed E-state index contributed by atoms with van der Waals surface area (Å²) in [6.45, 7) is -1.17. The van der Waals surface area contributed by atoms with Crippen LogP contribution in [-0.4, -0.2) is 68.3 Å². The third-order valence-corrected chi connectivity index (χ3v) is 7.98. The summed E-state index contributed by atoms with van der Waals surface area (Å²) in [5, 5.41) is 5.93. The second-order valence-electron chi connectivity index (χ2n) is 6.86. The molecule has 20 nitrogen and oxygen atoms in total. The minimum Gasteiger partial charge on any atom is -0.369 e. The quantitative estimate of drug-likeness (QED) is 0.0582. The largest absolute Gasteiger partial charge is 0.490 e. The molecule has 0 saturated carbocycles. The van der Waals surface area contributed by atoms with Crippen LogP contribution in [-0.2, 0) is 36.3 Å². The van der Waals surface area contributed by atoms with Gasteiger partial charge in [-0.3, -0.25) is 18.9 Å². The first kappa shape index (κ1) is 31.1. The van der Waals surface area contributed by atoms with Gasteiger partial charge in [0.1, 0.15) is 24.6 Å². The Morgan fingerprint density at radius 1 is 1.27 bits per heavy atom. The van der Waals surface area contributed by atoms with E-state index in [0.29, 0.717) is 0 Å². The molecule has 1 aliphatic rings. The number of hydrogen-bond donors (Lipinski definition) is 6. The fraction of sp³-hybridized carbons (Fsp3) is 0.571. The van der Waals surface area contributed by atoms with Crippen LogP contribution in [0.2, 0.25) is 0 Å². The number of ether oxygens (including phenoxy) is 2. The van der Waals surface area contributed by atoms with E-state index in [1.54, 1.807) is 7.05 Å². The Kier molecular flexibility index (Phi) is 11.0. The number of azide groups is 1. The fourth-order valence-corrected chi connectivity index (χ4v) is 5.87. The lowest BCUT2D eigenvalue weighted by molar-refractivity contribution is -0.0601. The fourth-order valence-electron chi connectivity index (χ4n) is 2.84. The van der Waals surface area contributed by atoms with Gasteiger partial charge in [0.05, 0.1) is 19.3 Å². The zero-order chi connectivity index (χ0) is 27.9. The van der Waals surface area contributed by atoms with E-state index in [1.807, 2.05) is 0 Å². The van der Waals surface area contributed by atoms with Crippen molar-refractivity contribution in [2.75, 3.05) is 26.9 Å². The normalized spacial score (nSPS) is 22.8. The van der Waals surface area contributed by atoms with E-state index >= 15 is 0 Å². The summed E-state index contributed by atoms with van der Waals surface area (Å²) in [6, 6.07) is 0. The summed E-state index contributed by atoms with van der Waals surface area (Å²) in [5.41, 5.74) is 6.70. The molecule has 206 valence electrons. The molecule has 37 heavy (non-hydrogen) atoms. The van der Waals surface area contributed by atoms with Gasteiger partial charge in [-0.2, -0.15) is 8.62 Å². The molecule has 1 fully saturated rings. The molecule has 1 saturated heterocycles. The summed E-state index contributed by atoms with van der Waals surface area (Å²) < 4.78 is 57.9. The second-order valence-corrected chi connectivity index (χ2v) is 11.3. The van der Waals surface area contributed by atoms with Crippen molar-refractivity contribution in [1.82, 2.24) is 14.9 Å². The Morgan fingerprint density at radius 2 is 1.97 bits per heavy atom. The van der Waals surface area contributed by atoms with Gasteiger partial charge in [0.15, 0.2) is 0 Å². The van der Waals surface area contributed by atoms with Gasteiger partial charge in [-0.25, -0.2) is 18.5 Å². The van der Waals surface area contributed by atoms with E-state index in [9.17, 15) is 33.1 Å². The molecule has 1 aromatic rings. The molecule has 2 heterocycles. The second kappa shape index (κ2) is 13.1. The Hall–Kier alpha value is -2.16. The van der Waals surface area contributed by atoms with Crippen molar-refractivity contribution < 1.29 is 55.9 Å². The average molecular weight is 590 g/mol. The topological polar surface area (TPSA) is 294 Å².